The van der Waals surface area contributed by atoms with Crippen molar-refractivity contribution < 1.29 is 33.0 Å². The van der Waals surface area contributed by atoms with Gasteiger partial charge in [-0.15, -0.1) is 30.3 Å². The van der Waals surface area contributed by atoms with Crippen molar-refractivity contribution in [2.75, 3.05) is 0 Å². The molecule has 7 aromatic carbocycles. The number of para-hydroxylation sites is 2. The number of thioether (sulfide) groups is 1. The molecule has 0 saturated heterocycles. The molecule has 0 bridgehead atoms. The predicted octanol–water partition coefficient (Wildman–Crippen LogP) is 16.1. The molecule has 0 aliphatic carbocycles. The summed E-state index contributed by atoms with van der Waals surface area (Å²) in [6.45, 7) is 6.94. The van der Waals surface area contributed by atoms with E-state index in [1.165, 1.54) is 57.8 Å². The van der Waals surface area contributed by atoms with Crippen LogP contribution in [-0.4, -0.2) is 9.55 Å². The molecule has 10 rings (SSSR count). The average Bonchev–Trinajstić information content (AvgIpc) is 3.90. The van der Waals surface area contributed by atoms with E-state index < -0.39 is 6.85 Å². The van der Waals surface area contributed by atoms with Crippen molar-refractivity contribution in [2.24, 2.45) is 0 Å². The van der Waals surface area contributed by atoms with Gasteiger partial charge in [0.15, 0.2) is 0 Å². The molecule has 8 heteroatoms. The van der Waals surface area contributed by atoms with Gasteiger partial charge in [0.05, 0.1) is 22.4 Å². The predicted molar refractivity (Wildman–Crippen MR) is 257 cm³/mol. The second-order valence-corrected chi connectivity index (χ2v) is 16.9. The molecule has 0 amide bonds. The van der Waals surface area contributed by atoms with Gasteiger partial charge in [-0.2, -0.15) is 29.2 Å². The first-order valence-electron chi connectivity index (χ1n) is 22.4. The van der Waals surface area contributed by atoms with E-state index >= 15 is 0 Å². The van der Waals surface area contributed by atoms with Gasteiger partial charge in [-0.25, -0.2) is 0 Å². The second kappa shape index (κ2) is 19.1. The van der Waals surface area contributed by atoms with Crippen LogP contribution in [0.4, 0.5) is 4.39 Å². The Kier molecular flexibility index (Phi) is 12.0. The minimum atomic E-state index is -2.14. The van der Waals surface area contributed by atoms with E-state index in [0.29, 0.717) is 5.56 Å². The molecule has 1 aliphatic rings. The summed E-state index contributed by atoms with van der Waals surface area (Å²) >= 11 is 1.13. The number of fused-ring (bicyclic) bond motifs is 4. The Bertz CT molecular complexity index is 3300. The van der Waals surface area contributed by atoms with Crippen LogP contribution in [0.15, 0.2) is 173 Å². The van der Waals surface area contributed by atoms with Crippen LogP contribution in [0, 0.1) is 28.6 Å². The summed E-state index contributed by atoms with van der Waals surface area (Å²) in [5, 5.41) is 17.5. The number of aromatic nitrogens is 2. The third-order valence-electron chi connectivity index (χ3n) is 11.3. The molecule has 0 saturated carbocycles. The summed E-state index contributed by atoms with van der Waals surface area (Å²) in [7, 11) is 0. The number of halogens is 1. The molecule has 0 radical (unpaired) electrons. The molecular formula is C56H44FIrN4OS. The summed E-state index contributed by atoms with van der Waals surface area (Å²) in [5.41, 5.74) is 13.7. The first-order valence-corrected chi connectivity index (χ1v) is 21.7. The summed E-state index contributed by atoms with van der Waals surface area (Å²) in [6, 6.07) is 52.6. The van der Waals surface area contributed by atoms with Gasteiger partial charge in [-0.3, -0.25) is 9.37 Å². The van der Waals surface area contributed by atoms with E-state index in [9.17, 15) is 9.65 Å². The summed E-state index contributed by atoms with van der Waals surface area (Å²) in [4.78, 5) is 6.12. The summed E-state index contributed by atoms with van der Waals surface area (Å²) in [5.74, 6) is 0.924. The number of hydrogen-bond acceptors (Lipinski definition) is 4. The topological polar surface area (TPSA) is 68.8 Å². The third kappa shape index (κ3) is 8.85. The fraction of sp³-hybridized carbons (Fsp3) is 0.143. The summed E-state index contributed by atoms with van der Waals surface area (Å²) < 4.78 is 43.3. The molecular weight excluding hydrogens is 988 g/mol. The molecule has 0 spiro atoms. The van der Waals surface area contributed by atoms with Crippen LogP contribution >= 0.6 is 11.8 Å². The van der Waals surface area contributed by atoms with Crippen molar-refractivity contribution >= 4 is 44.7 Å². The minimum Gasteiger partial charge on any atom is -0.683 e. The van der Waals surface area contributed by atoms with Gasteiger partial charge in [-0.05, 0) is 100 Å². The molecule has 1 unspecified atom stereocenters. The van der Waals surface area contributed by atoms with Crippen LogP contribution in [0.2, 0.25) is 0 Å². The Labute approximate surface area is 395 Å². The molecule has 1 aliphatic heterocycles. The van der Waals surface area contributed by atoms with Crippen molar-refractivity contribution in [1.29, 1.82) is 5.26 Å². The normalized spacial score (nSPS) is 14.2. The monoisotopic (exact) mass is 1040 g/mol. The van der Waals surface area contributed by atoms with E-state index in [4.69, 9.17) is 13.5 Å². The van der Waals surface area contributed by atoms with Crippen LogP contribution in [0.5, 0.6) is 0 Å². The van der Waals surface area contributed by atoms with E-state index in [2.05, 4.69) is 140 Å². The number of thiocyanates is 1. The maximum Gasteiger partial charge on any atom is 3.00 e. The van der Waals surface area contributed by atoms with E-state index in [1.807, 2.05) is 36.4 Å². The standard InChI is InChI=1S/C44H34N3OS.C12H10FN.Ir/c1-27(2)37-23-32(31-19-17-30(18-20-31)29-11-6-5-7-12-29)24-38(28(3)4)42(37)47-40-16-9-8-15-39(40)46-44(47)36-14-10-13-35-34-22-21-33(49-26-45)25-41(34)48-43(35)36;1-9-2-7-12(14-8-9)10-3-5-11(13)6-4-10;/h5-13,15-25,27-28H,1-4H3;2-3,5-8,12H,1H3;/q-1;-2;+3/i;1D3;. The number of benzene rings is 7. The first kappa shape index (κ1) is 40.3. The second-order valence-electron chi connectivity index (χ2n) is 16.1. The van der Waals surface area contributed by atoms with Crippen LogP contribution in [-0.2, 0) is 20.1 Å². The fourth-order valence-electron chi connectivity index (χ4n) is 8.13. The fourth-order valence-corrected chi connectivity index (χ4v) is 8.54. The molecule has 1 atom stereocenters. The van der Waals surface area contributed by atoms with E-state index in [1.54, 1.807) is 12.1 Å². The maximum atomic E-state index is 12.7. The van der Waals surface area contributed by atoms with Crippen LogP contribution in [0.3, 0.4) is 0 Å². The van der Waals surface area contributed by atoms with Gasteiger partial charge < -0.3 is 14.3 Å². The molecule has 5 nitrogen and oxygen atoms in total. The molecule has 9 aromatic rings. The smallest absolute Gasteiger partial charge is 0.683 e. The summed E-state index contributed by atoms with van der Waals surface area (Å²) in [6.07, 6.45) is 4.54. The quantitative estimate of drug-likeness (QED) is 0.0864. The van der Waals surface area contributed by atoms with E-state index in [0.717, 1.165) is 66.7 Å². The number of hydrogen-bond donors (Lipinski definition) is 0. The Hall–Kier alpha value is -6.49. The molecule has 3 heterocycles. The Morgan fingerprint density at radius 2 is 1.52 bits per heavy atom. The van der Waals surface area contributed by atoms with Crippen LogP contribution in [0.25, 0.3) is 77.6 Å². The van der Waals surface area contributed by atoms with Gasteiger partial charge in [-0.1, -0.05) is 135 Å². The largest absolute Gasteiger partial charge is 3.00 e. The number of furan rings is 1. The zero-order valence-electron chi connectivity index (χ0n) is 38.6. The van der Waals surface area contributed by atoms with Gasteiger partial charge in [0.25, 0.3) is 0 Å². The Morgan fingerprint density at radius 3 is 2.17 bits per heavy atom. The SMILES string of the molecule is CC(C)c1cc(-c2ccc(-c3ccccc3)cc2)cc(C(C)C)c1-n1c(-c2[c-]ccc3c2oc2cc(SC#N)ccc23)nc2ccccc21.[2H]C([2H])([2H])C1=C[N-]C(c2[c-]cc(F)cc2)C=C1.[Ir+3]. The number of rotatable bonds is 8. The molecule has 64 heavy (non-hydrogen) atoms. The van der Waals surface area contributed by atoms with Gasteiger partial charge in [0, 0.05) is 25.9 Å². The number of nitriles is 1. The van der Waals surface area contributed by atoms with Crippen molar-refractivity contribution in [2.45, 2.75) is 57.3 Å². The van der Waals surface area contributed by atoms with Gasteiger partial charge in [0.2, 0.25) is 0 Å². The Balaban J connectivity index is 0.000000285. The molecule has 0 fully saturated rings. The van der Waals surface area contributed by atoms with Crippen molar-refractivity contribution in [1.82, 2.24) is 9.55 Å². The minimum absolute atomic E-state index is 0. The third-order valence-corrected chi connectivity index (χ3v) is 11.8. The van der Waals surface area contributed by atoms with Crippen molar-refractivity contribution in [3.63, 3.8) is 0 Å². The number of imidazole rings is 1. The van der Waals surface area contributed by atoms with Crippen molar-refractivity contribution in [3.8, 4) is 44.7 Å². The first-order chi connectivity index (χ1) is 31.9. The van der Waals surface area contributed by atoms with Crippen LogP contribution < -0.4 is 0 Å². The van der Waals surface area contributed by atoms with Crippen LogP contribution in [0.1, 0.15) is 73.2 Å². The van der Waals surface area contributed by atoms with Gasteiger partial charge >= 0.3 is 20.1 Å². The zero-order valence-corrected chi connectivity index (χ0v) is 38.8. The van der Waals surface area contributed by atoms with Crippen molar-refractivity contribution in [3.05, 3.63) is 203 Å². The average molecular weight is 1040 g/mol. The number of nitrogens with zero attached hydrogens (tertiary/aromatic N) is 4. The maximum absolute atomic E-state index is 12.7. The molecule has 316 valence electrons. The molecule has 2 aromatic heterocycles. The zero-order chi connectivity index (χ0) is 46.1. The Morgan fingerprint density at radius 1 is 0.812 bits per heavy atom. The number of allylic oxidation sites excluding steroid dienone is 2. The molecule has 0 N–H and O–H groups in total. The van der Waals surface area contributed by atoms with Gasteiger partial charge in [0.1, 0.15) is 11.0 Å². The van der Waals surface area contributed by atoms with E-state index in [-0.39, 0.29) is 49.4 Å².